The fourth-order valence-corrected chi connectivity index (χ4v) is 4.14. The normalized spacial score (nSPS) is 18.4. The van der Waals surface area contributed by atoms with Crippen molar-refractivity contribution in [2.24, 2.45) is 5.92 Å². The number of amides is 1. The third-order valence-corrected chi connectivity index (χ3v) is 6.28. The average Bonchev–Trinajstić information content (AvgIpc) is 3.06. The van der Waals surface area contributed by atoms with Gasteiger partial charge in [-0.2, -0.15) is 0 Å². The number of halogens is 1. The highest BCUT2D eigenvalue weighted by Crippen LogP contribution is 2.42. The van der Waals surface area contributed by atoms with Crippen LogP contribution >= 0.6 is 15.9 Å². The van der Waals surface area contributed by atoms with Gasteiger partial charge in [-0.1, -0.05) is 28.1 Å². The molecule has 2 atom stereocenters. The van der Waals surface area contributed by atoms with Crippen LogP contribution in [0.25, 0.3) is 0 Å². The van der Waals surface area contributed by atoms with E-state index >= 15 is 0 Å². The molecule has 2 unspecified atom stereocenters. The second kappa shape index (κ2) is 8.43. The summed E-state index contributed by atoms with van der Waals surface area (Å²) in [4.78, 5) is 45.1. The maximum Gasteiger partial charge on any atom is 0.295 e. The lowest BCUT2D eigenvalue weighted by Crippen LogP contribution is -2.30. The van der Waals surface area contributed by atoms with E-state index < -0.39 is 29.4 Å². The highest BCUT2D eigenvalue weighted by Gasteiger charge is 2.52. The zero-order valence-corrected chi connectivity index (χ0v) is 18.5. The zero-order valence-electron chi connectivity index (χ0n) is 16.9. The number of nitrogens with zero attached hydrogens (tertiary/aromatic N) is 2. The molecule has 3 aromatic rings. The molecule has 0 saturated carbocycles. The molecule has 31 heavy (non-hydrogen) atoms. The first kappa shape index (κ1) is 20.9. The van der Waals surface area contributed by atoms with Crippen molar-refractivity contribution >= 4 is 39.1 Å². The van der Waals surface area contributed by atoms with E-state index in [4.69, 9.17) is 4.74 Å². The number of aromatic nitrogens is 1. The lowest BCUT2D eigenvalue weighted by Gasteiger charge is -2.27. The first-order valence-electron chi connectivity index (χ1n) is 9.64. The van der Waals surface area contributed by atoms with Crippen molar-refractivity contribution in [3.63, 3.8) is 0 Å². The smallest absolute Gasteiger partial charge is 0.295 e. The molecular weight excluding hydrogens is 460 g/mol. The van der Waals surface area contributed by atoms with Crippen LogP contribution in [0.1, 0.15) is 27.5 Å². The van der Waals surface area contributed by atoms with Gasteiger partial charge < -0.3 is 4.74 Å². The second-order valence-electron chi connectivity index (χ2n) is 7.27. The summed E-state index contributed by atoms with van der Waals surface area (Å²) in [5.41, 5.74) is 2.48. The van der Waals surface area contributed by atoms with Gasteiger partial charge in [0, 0.05) is 28.1 Å². The Morgan fingerprint density at radius 3 is 2.45 bits per heavy atom. The predicted molar refractivity (Wildman–Crippen MR) is 119 cm³/mol. The van der Waals surface area contributed by atoms with Crippen molar-refractivity contribution in [1.82, 2.24) is 4.98 Å². The first-order valence-corrected chi connectivity index (χ1v) is 10.4. The number of hydrogen-bond donors (Lipinski definition) is 0. The van der Waals surface area contributed by atoms with Crippen molar-refractivity contribution in [2.75, 3.05) is 12.0 Å². The number of ketones is 2. The van der Waals surface area contributed by atoms with Crippen molar-refractivity contribution < 1.29 is 19.1 Å². The largest absolute Gasteiger partial charge is 0.497 e. The number of methoxy groups -OCH3 is 1. The maximum atomic E-state index is 13.4. The molecule has 156 valence electrons. The molecule has 1 aliphatic heterocycles. The lowest BCUT2D eigenvalue weighted by atomic mass is 9.86. The van der Waals surface area contributed by atoms with Crippen molar-refractivity contribution in [3.8, 4) is 5.75 Å². The number of rotatable bonds is 5. The van der Waals surface area contributed by atoms with Crippen LogP contribution in [-0.2, 0) is 9.59 Å². The highest BCUT2D eigenvalue weighted by molar-refractivity contribution is 9.10. The third-order valence-electron chi connectivity index (χ3n) is 5.42. The van der Waals surface area contributed by atoms with Crippen LogP contribution in [0.15, 0.2) is 71.5 Å². The Kier molecular flexibility index (Phi) is 5.69. The quantitative estimate of drug-likeness (QED) is 0.310. The van der Waals surface area contributed by atoms with Crippen LogP contribution < -0.4 is 9.64 Å². The van der Waals surface area contributed by atoms with E-state index in [1.807, 2.05) is 13.0 Å². The fourth-order valence-electron chi connectivity index (χ4n) is 3.77. The molecule has 2 heterocycles. The van der Waals surface area contributed by atoms with Crippen LogP contribution in [0.4, 0.5) is 5.69 Å². The lowest BCUT2D eigenvalue weighted by molar-refractivity contribution is -0.135. The van der Waals surface area contributed by atoms with Gasteiger partial charge in [0.25, 0.3) is 5.91 Å². The Bertz CT molecular complexity index is 1160. The van der Waals surface area contributed by atoms with Gasteiger partial charge in [0.2, 0.25) is 5.78 Å². The van der Waals surface area contributed by atoms with Gasteiger partial charge in [0.05, 0.1) is 13.2 Å². The Labute approximate surface area is 188 Å². The summed E-state index contributed by atoms with van der Waals surface area (Å²) in [5, 5.41) is 0. The fraction of sp³-hybridized carbons (Fsp3) is 0.167. The standard InChI is InChI=1S/C24H19BrN2O4/c1-14-5-8-17(12-19(14)25)27-21(16-4-3-11-26-13-16)20(23(29)24(27)30)22(28)15-6-9-18(31-2)10-7-15/h3-13,20-21H,1-2H3. The summed E-state index contributed by atoms with van der Waals surface area (Å²) in [6, 6.07) is 14.6. The molecule has 0 radical (unpaired) electrons. The molecule has 0 bridgehead atoms. The average molecular weight is 479 g/mol. The Hall–Kier alpha value is -3.32. The Morgan fingerprint density at radius 2 is 1.84 bits per heavy atom. The van der Waals surface area contributed by atoms with E-state index in [0.29, 0.717) is 22.6 Å². The Morgan fingerprint density at radius 1 is 1.10 bits per heavy atom. The van der Waals surface area contributed by atoms with Gasteiger partial charge in [-0.3, -0.25) is 24.3 Å². The van der Waals surface area contributed by atoms with E-state index in [9.17, 15) is 14.4 Å². The molecule has 0 aliphatic carbocycles. The van der Waals surface area contributed by atoms with E-state index in [2.05, 4.69) is 20.9 Å². The summed E-state index contributed by atoms with van der Waals surface area (Å²) in [7, 11) is 1.53. The first-order chi connectivity index (χ1) is 14.9. The molecule has 7 heteroatoms. The van der Waals surface area contributed by atoms with Crippen LogP contribution in [0.2, 0.25) is 0 Å². The van der Waals surface area contributed by atoms with Crippen LogP contribution in [-0.4, -0.2) is 29.6 Å². The number of ether oxygens (including phenoxy) is 1. The number of carbonyl (C=O) groups is 3. The van der Waals surface area contributed by atoms with Crippen molar-refractivity contribution in [2.45, 2.75) is 13.0 Å². The molecule has 1 fully saturated rings. The van der Waals surface area contributed by atoms with Crippen molar-refractivity contribution in [3.05, 3.63) is 88.2 Å². The van der Waals surface area contributed by atoms with Gasteiger partial charge in [-0.15, -0.1) is 0 Å². The van der Waals surface area contributed by atoms with Crippen LogP contribution in [0, 0.1) is 12.8 Å². The molecule has 0 spiro atoms. The number of aryl methyl sites for hydroxylation is 1. The summed E-state index contributed by atoms with van der Waals surface area (Å²) >= 11 is 3.48. The number of Topliss-reactive ketones (excluding diaryl/α,β-unsaturated/α-hetero) is 2. The molecule has 1 amide bonds. The molecule has 1 saturated heterocycles. The van der Waals surface area contributed by atoms with E-state index in [1.54, 1.807) is 60.9 Å². The number of anilines is 1. The Balaban J connectivity index is 1.83. The zero-order chi connectivity index (χ0) is 22.1. The van der Waals surface area contributed by atoms with Gasteiger partial charge in [-0.05, 0) is 60.5 Å². The summed E-state index contributed by atoms with van der Waals surface area (Å²) in [6.45, 7) is 1.93. The summed E-state index contributed by atoms with van der Waals surface area (Å²) < 4.78 is 5.95. The summed E-state index contributed by atoms with van der Waals surface area (Å²) in [6.07, 6.45) is 3.19. The molecule has 1 aromatic heterocycles. The number of pyridine rings is 1. The van der Waals surface area contributed by atoms with Gasteiger partial charge in [0.15, 0.2) is 5.78 Å². The second-order valence-corrected chi connectivity index (χ2v) is 8.13. The minimum absolute atomic E-state index is 0.341. The SMILES string of the molecule is COc1ccc(C(=O)C2C(=O)C(=O)N(c3ccc(C)c(Br)c3)C2c2cccnc2)cc1. The van der Waals surface area contributed by atoms with Crippen LogP contribution in [0.3, 0.4) is 0 Å². The van der Waals surface area contributed by atoms with E-state index in [0.717, 1.165) is 10.0 Å². The topological polar surface area (TPSA) is 76.6 Å². The van der Waals surface area contributed by atoms with E-state index in [1.165, 1.54) is 12.0 Å². The summed E-state index contributed by atoms with van der Waals surface area (Å²) in [5.74, 6) is -2.43. The van der Waals surface area contributed by atoms with E-state index in [-0.39, 0.29) is 0 Å². The molecule has 2 aromatic carbocycles. The number of carbonyl (C=O) groups excluding carboxylic acids is 3. The molecular formula is C24H19BrN2O4. The minimum Gasteiger partial charge on any atom is -0.497 e. The molecule has 4 rings (SSSR count). The predicted octanol–water partition coefficient (Wildman–Crippen LogP) is 4.32. The highest BCUT2D eigenvalue weighted by atomic mass is 79.9. The monoisotopic (exact) mass is 478 g/mol. The van der Waals surface area contributed by atoms with Crippen LogP contribution in [0.5, 0.6) is 5.75 Å². The van der Waals surface area contributed by atoms with Gasteiger partial charge in [0.1, 0.15) is 11.7 Å². The van der Waals surface area contributed by atoms with Gasteiger partial charge >= 0.3 is 0 Å². The number of benzene rings is 2. The molecule has 6 nitrogen and oxygen atoms in total. The minimum atomic E-state index is -1.18. The maximum absolute atomic E-state index is 13.4. The third kappa shape index (κ3) is 3.77. The van der Waals surface area contributed by atoms with Gasteiger partial charge in [-0.25, -0.2) is 0 Å². The molecule has 0 N–H and O–H groups in total. The number of hydrogen-bond acceptors (Lipinski definition) is 5. The van der Waals surface area contributed by atoms with Crippen molar-refractivity contribution in [1.29, 1.82) is 0 Å². The molecule has 1 aliphatic rings.